The van der Waals surface area contributed by atoms with E-state index in [0.29, 0.717) is 12.1 Å². The molecular weight excluding hydrogens is 375 g/mol. The quantitative estimate of drug-likeness (QED) is 0.551. The van der Waals surface area contributed by atoms with E-state index in [9.17, 15) is 9.18 Å². The minimum Gasteiger partial charge on any atom is -0.366 e. The molecule has 0 saturated heterocycles. The summed E-state index contributed by atoms with van der Waals surface area (Å²) in [5.74, 6) is -0.800. The second-order valence-electron chi connectivity index (χ2n) is 6.39. The first kappa shape index (κ1) is 18.1. The summed E-state index contributed by atoms with van der Waals surface area (Å²) in [6.07, 6.45) is 3.47. The number of benzene rings is 1. The number of nitrogens with zero attached hydrogens (tertiary/aromatic N) is 3. The summed E-state index contributed by atoms with van der Waals surface area (Å²) in [6.45, 7) is 2.24. The van der Waals surface area contributed by atoms with Gasteiger partial charge < -0.3 is 10.3 Å². The molecule has 0 aliphatic heterocycles. The number of aromatic nitrogens is 3. The molecule has 28 heavy (non-hydrogen) atoms. The third-order valence-electron chi connectivity index (χ3n) is 4.54. The molecule has 0 fully saturated rings. The van der Waals surface area contributed by atoms with Gasteiger partial charge in [-0.05, 0) is 42.8 Å². The van der Waals surface area contributed by atoms with Crippen LogP contribution in [0.4, 0.5) is 4.39 Å². The van der Waals surface area contributed by atoms with Gasteiger partial charge in [0.25, 0.3) is 5.91 Å². The Kier molecular flexibility index (Phi) is 4.75. The highest BCUT2D eigenvalue weighted by Gasteiger charge is 2.19. The normalized spacial score (nSPS) is 10.9. The molecule has 0 aliphatic rings. The summed E-state index contributed by atoms with van der Waals surface area (Å²) in [6, 6.07) is 12.0. The van der Waals surface area contributed by atoms with E-state index in [1.54, 1.807) is 24.5 Å². The van der Waals surface area contributed by atoms with Crippen molar-refractivity contribution < 1.29 is 9.18 Å². The first-order valence-corrected chi connectivity index (χ1v) is 9.51. The zero-order chi connectivity index (χ0) is 19.7. The Bertz CT molecular complexity index is 1150. The van der Waals surface area contributed by atoms with Gasteiger partial charge in [-0.25, -0.2) is 9.37 Å². The van der Waals surface area contributed by atoms with Crippen LogP contribution in [0.15, 0.2) is 60.2 Å². The molecule has 0 aliphatic carbocycles. The SMILES string of the molecule is Cc1c(C(N)=O)cc(-c2csc(-c3cccnc3)n2)n1Cc1cccc(F)c1. The molecule has 3 heterocycles. The lowest BCUT2D eigenvalue weighted by Crippen LogP contribution is -2.12. The van der Waals surface area contributed by atoms with Crippen molar-refractivity contribution >= 4 is 17.2 Å². The maximum absolute atomic E-state index is 13.6. The van der Waals surface area contributed by atoms with Gasteiger partial charge in [-0.2, -0.15) is 0 Å². The highest BCUT2D eigenvalue weighted by atomic mass is 32.1. The maximum Gasteiger partial charge on any atom is 0.250 e. The molecule has 2 N–H and O–H groups in total. The molecule has 1 amide bonds. The molecule has 4 rings (SSSR count). The summed E-state index contributed by atoms with van der Waals surface area (Å²) in [7, 11) is 0. The largest absolute Gasteiger partial charge is 0.366 e. The van der Waals surface area contributed by atoms with Gasteiger partial charge in [-0.1, -0.05) is 12.1 Å². The molecule has 0 atom stereocenters. The van der Waals surface area contributed by atoms with Gasteiger partial charge in [0.15, 0.2) is 0 Å². The van der Waals surface area contributed by atoms with Crippen molar-refractivity contribution in [3.05, 3.63) is 82.9 Å². The molecule has 4 aromatic rings. The number of thiazole rings is 1. The van der Waals surface area contributed by atoms with E-state index in [1.807, 2.05) is 35.1 Å². The van der Waals surface area contributed by atoms with Crippen molar-refractivity contribution in [3.63, 3.8) is 0 Å². The molecular formula is C21H17FN4OS. The predicted molar refractivity (Wildman–Crippen MR) is 108 cm³/mol. The van der Waals surface area contributed by atoms with Gasteiger partial charge in [0.1, 0.15) is 10.8 Å². The molecule has 0 saturated carbocycles. The molecule has 3 aromatic heterocycles. The Hall–Kier alpha value is -3.32. The lowest BCUT2D eigenvalue weighted by atomic mass is 10.2. The molecule has 0 spiro atoms. The average molecular weight is 392 g/mol. The highest BCUT2D eigenvalue weighted by Crippen LogP contribution is 2.31. The van der Waals surface area contributed by atoms with Crippen LogP contribution < -0.4 is 5.73 Å². The first-order chi connectivity index (χ1) is 13.5. The van der Waals surface area contributed by atoms with Gasteiger partial charge in [-0.15, -0.1) is 11.3 Å². The van der Waals surface area contributed by atoms with Crippen molar-refractivity contribution in [2.75, 3.05) is 0 Å². The van der Waals surface area contributed by atoms with Crippen molar-refractivity contribution in [3.8, 4) is 22.0 Å². The minimum atomic E-state index is -0.501. The second-order valence-corrected chi connectivity index (χ2v) is 7.25. The molecule has 0 unspecified atom stereocenters. The number of hydrogen-bond donors (Lipinski definition) is 1. The molecule has 0 radical (unpaired) electrons. The molecule has 140 valence electrons. The van der Waals surface area contributed by atoms with Gasteiger partial charge in [0, 0.05) is 35.6 Å². The van der Waals surface area contributed by atoms with E-state index in [1.165, 1.54) is 23.5 Å². The number of carbonyl (C=O) groups is 1. The smallest absolute Gasteiger partial charge is 0.250 e. The third-order valence-corrected chi connectivity index (χ3v) is 5.43. The number of pyridine rings is 1. The Morgan fingerprint density at radius 3 is 2.82 bits per heavy atom. The maximum atomic E-state index is 13.6. The molecule has 1 aromatic carbocycles. The van der Waals surface area contributed by atoms with Crippen LogP contribution in [0.2, 0.25) is 0 Å². The lowest BCUT2D eigenvalue weighted by Gasteiger charge is -2.11. The van der Waals surface area contributed by atoms with Gasteiger partial charge in [-0.3, -0.25) is 9.78 Å². The van der Waals surface area contributed by atoms with E-state index in [0.717, 1.165) is 33.2 Å². The minimum absolute atomic E-state index is 0.300. The van der Waals surface area contributed by atoms with Crippen LogP contribution in [0.1, 0.15) is 21.6 Å². The van der Waals surface area contributed by atoms with E-state index >= 15 is 0 Å². The number of rotatable bonds is 5. The second kappa shape index (κ2) is 7.36. The van der Waals surface area contributed by atoms with Crippen LogP contribution in [0.25, 0.3) is 22.0 Å². The van der Waals surface area contributed by atoms with Crippen LogP contribution in [-0.4, -0.2) is 20.4 Å². The average Bonchev–Trinajstić information content (AvgIpc) is 3.28. The van der Waals surface area contributed by atoms with Crippen molar-refractivity contribution in [1.29, 1.82) is 0 Å². The van der Waals surface area contributed by atoms with E-state index in [4.69, 9.17) is 10.7 Å². The molecule has 0 bridgehead atoms. The fourth-order valence-electron chi connectivity index (χ4n) is 3.14. The number of hydrogen-bond acceptors (Lipinski definition) is 4. The number of halogens is 1. The molecule has 7 heteroatoms. The summed E-state index contributed by atoms with van der Waals surface area (Å²) in [4.78, 5) is 20.7. The summed E-state index contributed by atoms with van der Waals surface area (Å²) < 4.78 is 15.6. The Labute approximate surface area is 165 Å². The van der Waals surface area contributed by atoms with E-state index < -0.39 is 5.91 Å². The number of primary amides is 1. The van der Waals surface area contributed by atoms with Crippen molar-refractivity contribution in [2.45, 2.75) is 13.5 Å². The summed E-state index contributed by atoms with van der Waals surface area (Å²) in [5, 5.41) is 2.77. The van der Waals surface area contributed by atoms with E-state index in [2.05, 4.69) is 4.98 Å². The number of amides is 1. The fourth-order valence-corrected chi connectivity index (χ4v) is 3.95. The summed E-state index contributed by atoms with van der Waals surface area (Å²) in [5.41, 5.74) is 9.92. The standard InChI is InChI=1S/C21H17FN4OS/c1-13-17(20(23)27)9-19(26(13)11-14-4-2-6-16(22)8-14)18-12-28-21(25-18)15-5-3-7-24-10-15/h2-10,12H,11H2,1H3,(H2,23,27). The van der Waals surface area contributed by atoms with Crippen LogP contribution in [0, 0.1) is 12.7 Å². The Morgan fingerprint density at radius 2 is 2.11 bits per heavy atom. The van der Waals surface area contributed by atoms with Crippen molar-refractivity contribution in [1.82, 2.24) is 14.5 Å². The highest BCUT2D eigenvalue weighted by molar-refractivity contribution is 7.13. The van der Waals surface area contributed by atoms with Gasteiger partial charge in [0.05, 0.1) is 17.0 Å². The van der Waals surface area contributed by atoms with Crippen molar-refractivity contribution in [2.24, 2.45) is 5.73 Å². The zero-order valence-electron chi connectivity index (χ0n) is 15.1. The third kappa shape index (κ3) is 3.44. The first-order valence-electron chi connectivity index (χ1n) is 8.63. The number of carbonyl (C=O) groups excluding carboxylic acids is 1. The predicted octanol–water partition coefficient (Wildman–Crippen LogP) is 4.27. The monoisotopic (exact) mass is 392 g/mol. The number of nitrogens with two attached hydrogens (primary N) is 1. The summed E-state index contributed by atoms with van der Waals surface area (Å²) >= 11 is 1.50. The van der Waals surface area contributed by atoms with Crippen LogP contribution in [0.3, 0.4) is 0 Å². The Morgan fingerprint density at radius 1 is 1.25 bits per heavy atom. The lowest BCUT2D eigenvalue weighted by molar-refractivity contribution is 0.0999. The van der Waals surface area contributed by atoms with Crippen LogP contribution in [-0.2, 0) is 6.54 Å². The van der Waals surface area contributed by atoms with Gasteiger partial charge >= 0.3 is 0 Å². The zero-order valence-corrected chi connectivity index (χ0v) is 15.9. The van der Waals surface area contributed by atoms with Crippen LogP contribution in [0.5, 0.6) is 0 Å². The van der Waals surface area contributed by atoms with Gasteiger partial charge in [0.2, 0.25) is 0 Å². The Balaban J connectivity index is 1.79. The van der Waals surface area contributed by atoms with E-state index in [-0.39, 0.29) is 5.82 Å². The topological polar surface area (TPSA) is 73.8 Å². The molecule has 5 nitrogen and oxygen atoms in total. The van der Waals surface area contributed by atoms with Crippen LogP contribution >= 0.6 is 11.3 Å². The fraction of sp³-hybridized carbons (Fsp3) is 0.0952.